The predicted molar refractivity (Wildman–Crippen MR) is 185 cm³/mol. The minimum Gasteiger partial charge on any atom is -0.460 e. The van der Waals surface area contributed by atoms with Gasteiger partial charge in [0, 0.05) is 49.9 Å². The van der Waals surface area contributed by atoms with Crippen LogP contribution in [0.1, 0.15) is 64.7 Å². The van der Waals surface area contributed by atoms with Crippen molar-refractivity contribution in [1.82, 2.24) is 20.4 Å². The minimum absolute atomic E-state index is 0.108. The van der Waals surface area contributed by atoms with E-state index in [4.69, 9.17) is 16.0 Å². The molecule has 1 aliphatic heterocycles. The fourth-order valence-corrected chi connectivity index (χ4v) is 6.23. The van der Waals surface area contributed by atoms with Gasteiger partial charge in [-0.25, -0.2) is 0 Å². The van der Waals surface area contributed by atoms with Crippen LogP contribution in [0.2, 0.25) is 5.02 Å². The van der Waals surface area contributed by atoms with Gasteiger partial charge < -0.3 is 20.0 Å². The molecule has 4 aromatic rings. The first-order valence-electron chi connectivity index (χ1n) is 16.1. The number of piperazine rings is 1. The van der Waals surface area contributed by atoms with Gasteiger partial charge in [-0.2, -0.15) is 5.26 Å². The largest absolute Gasteiger partial charge is 0.460 e. The number of carbonyl (C=O) groups is 1. The lowest BCUT2D eigenvalue weighted by Gasteiger charge is -2.38. The molecule has 2 heterocycles. The van der Waals surface area contributed by atoms with E-state index in [1.807, 2.05) is 48.5 Å². The number of rotatable bonds is 12. The Labute approximate surface area is 278 Å². The third kappa shape index (κ3) is 8.86. The van der Waals surface area contributed by atoms with Gasteiger partial charge in [0.25, 0.3) is 5.91 Å². The lowest BCUT2D eigenvalue weighted by molar-refractivity contribution is 0.0882. The first kappa shape index (κ1) is 33.4. The van der Waals surface area contributed by atoms with Crippen molar-refractivity contribution in [3.8, 4) is 17.4 Å². The summed E-state index contributed by atoms with van der Waals surface area (Å²) < 4.78 is 6.18. The third-order valence-electron chi connectivity index (χ3n) is 8.95. The second-order valence-corrected chi connectivity index (χ2v) is 13.0. The molecule has 2 N–H and O–H groups in total. The summed E-state index contributed by atoms with van der Waals surface area (Å²) in [5, 5.41) is 16.4. The zero-order valence-corrected chi connectivity index (χ0v) is 28.0. The van der Waals surface area contributed by atoms with E-state index in [2.05, 4.69) is 78.6 Å². The number of hydrogen-bond donors (Lipinski definition) is 2. The third-order valence-corrected chi connectivity index (χ3v) is 9.28. The van der Waals surface area contributed by atoms with Crippen molar-refractivity contribution in [2.45, 2.75) is 58.3 Å². The number of halogens is 1. The van der Waals surface area contributed by atoms with E-state index in [0.29, 0.717) is 40.9 Å². The van der Waals surface area contributed by atoms with E-state index in [1.165, 1.54) is 11.1 Å². The maximum atomic E-state index is 13.7. The van der Waals surface area contributed by atoms with Crippen LogP contribution in [0.3, 0.4) is 0 Å². The fraction of sp³-hybridized carbons (Fsp3) is 0.368. The van der Waals surface area contributed by atoms with Crippen molar-refractivity contribution < 1.29 is 9.21 Å². The lowest BCUT2D eigenvalue weighted by Crippen LogP contribution is -2.51. The number of hydrogen-bond acceptors (Lipinski definition) is 6. The molecule has 0 saturated carbocycles. The molecule has 240 valence electrons. The van der Waals surface area contributed by atoms with Crippen LogP contribution in [0, 0.1) is 18.3 Å². The molecule has 0 radical (unpaired) electrons. The van der Waals surface area contributed by atoms with Crippen LogP contribution in [0.5, 0.6) is 0 Å². The Morgan fingerprint density at radius 2 is 1.83 bits per heavy atom. The molecule has 8 heteroatoms. The number of aryl methyl sites for hydroxylation is 1. The summed E-state index contributed by atoms with van der Waals surface area (Å²) in [7, 11) is 2.16. The first-order chi connectivity index (χ1) is 22.2. The summed E-state index contributed by atoms with van der Waals surface area (Å²) in [4.78, 5) is 18.6. The summed E-state index contributed by atoms with van der Waals surface area (Å²) in [6.45, 7) is 11.0. The van der Waals surface area contributed by atoms with Gasteiger partial charge in [-0.05, 0) is 94.3 Å². The number of likely N-dealkylation sites (N-methyl/N-ethyl adjacent to an activating group) is 1. The highest BCUT2D eigenvalue weighted by atomic mass is 35.5. The predicted octanol–water partition coefficient (Wildman–Crippen LogP) is 7.00. The quantitative estimate of drug-likeness (QED) is 0.174. The molecule has 0 aliphatic carbocycles. The summed E-state index contributed by atoms with van der Waals surface area (Å²) in [6.07, 6.45) is 1.46. The lowest BCUT2D eigenvalue weighted by atomic mass is 10.0. The van der Waals surface area contributed by atoms with Crippen LogP contribution in [-0.2, 0) is 13.0 Å². The van der Waals surface area contributed by atoms with E-state index >= 15 is 0 Å². The molecule has 1 aliphatic rings. The average Bonchev–Trinajstić information content (AvgIpc) is 3.53. The van der Waals surface area contributed by atoms with Gasteiger partial charge in [0.1, 0.15) is 11.5 Å². The van der Waals surface area contributed by atoms with Crippen LogP contribution < -0.4 is 10.6 Å². The zero-order valence-electron chi connectivity index (χ0n) is 27.2. The van der Waals surface area contributed by atoms with Crippen molar-refractivity contribution in [3.05, 3.63) is 117 Å². The normalized spacial score (nSPS) is 16.9. The Kier molecular flexibility index (Phi) is 11.3. The molecule has 0 spiro atoms. The van der Waals surface area contributed by atoms with Crippen LogP contribution >= 0.6 is 11.6 Å². The van der Waals surface area contributed by atoms with Gasteiger partial charge in [-0.1, -0.05) is 53.6 Å². The SMILES string of the molecule is Cc1ccc([C@@H](C)NCc2ccc(-c3ccc(Cl)c(C(=O)N[C@@H](CCN4CCN(C)C[C@@H]4C)Cc4ccc(C#N)cc4)c3)o2)cc1. The smallest absolute Gasteiger partial charge is 0.253 e. The Bertz CT molecular complexity index is 1640. The van der Waals surface area contributed by atoms with Crippen LogP contribution in [0.4, 0.5) is 0 Å². The summed E-state index contributed by atoms with van der Waals surface area (Å²) in [6, 6.07) is 28.2. The van der Waals surface area contributed by atoms with Gasteiger partial charge in [-0.15, -0.1) is 0 Å². The Hall–Kier alpha value is -3.93. The van der Waals surface area contributed by atoms with Gasteiger partial charge in [0.05, 0.1) is 28.8 Å². The summed E-state index contributed by atoms with van der Waals surface area (Å²) in [5.74, 6) is 1.29. The molecule has 0 unspecified atom stereocenters. The number of nitrogens with zero attached hydrogens (tertiary/aromatic N) is 3. The van der Waals surface area contributed by atoms with Crippen molar-refractivity contribution in [2.75, 3.05) is 33.2 Å². The topological polar surface area (TPSA) is 84.5 Å². The van der Waals surface area contributed by atoms with Crippen LogP contribution in [0.15, 0.2) is 83.3 Å². The number of carbonyl (C=O) groups excluding carboxylic acids is 1. The molecular formula is C38H44ClN5O2. The minimum atomic E-state index is -0.211. The molecule has 46 heavy (non-hydrogen) atoms. The van der Waals surface area contributed by atoms with Crippen LogP contribution in [0.25, 0.3) is 11.3 Å². The fourth-order valence-electron chi connectivity index (χ4n) is 6.03. The molecular weight excluding hydrogens is 594 g/mol. The molecule has 1 aromatic heterocycles. The number of amides is 1. The second kappa shape index (κ2) is 15.6. The van der Waals surface area contributed by atoms with Crippen molar-refractivity contribution in [3.63, 3.8) is 0 Å². The molecule has 5 rings (SSSR count). The Morgan fingerprint density at radius 3 is 2.54 bits per heavy atom. The van der Waals surface area contributed by atoms with Gasteiger partial charge >= 0.3 is 0 Å². The number of nitriles is 1. The summed E-state index contributed by atoms with van der Waals surface area (Å²) in [5.41, 5.74) is 5.37. The molecule has 7 nitrogen and oxygen atoms in total. The zero-order chi connectivity index (χ0) is 32.6. The van der Waals surface area contributed by atoms with E-state index < -0.39 is 0 Å². The molecule has 1 amide bonds. The van der Waals surface area contributed by atoms with Gasteiger partial charge in [0.15, 0.2) is 0 Å². The molecule has 0 bridgehead atoms. The monoisotopic (exact) mass is 637 g/mol. The maximum absolute atomic E-state index is 13.7. The number of nitrogens with one attached hydrogen (secondary N) is 2. The first-order valence-corrected chi connectivity index (χ1v) is 16.5. The highest BCUT2D eigenvalue weighted by molar-refractivity contribution is 6.34. The highest BCUT2D eigenvalue weighted by Crippen LogP contribution is 2.28. The highest BCUT2D eigenvalue weighted by Gasteiger charge is 2.24. The van der Waals surface area contributed by atoms with Gasteiger partial charge in [-0.3, -0.25) is 9.69 Å². The number of benzene rings is 3. The number of furan rings is 1. The van der Waals surface area contributed by atoms with Crippen molar-refractivity contribution >= 4 is 17.5 Å². The van der Waals surface area contributed by atoms with Crippen LogP contribution in [-0.4, -0.2) is 61.0 Å². The van der Waals surface area contributed by atoms with E-state index in [9.17, 15) is 10.1 Å². The van der Waals surface area contributed by atoms with E-state index in [-0.39, 0.29) is 18.0 Å². The molecule has 3 atom stereocenters. The summed E-state index contributed by atoms with van der Waals surface area (Å²) >= 11 is 6.60. The molecule has 1 fully saturated rings. The van der Waals surface area contributed by atoms with Crippen molar-refractivity contribution in [2.24, 2.45) is 0 Å². The molecule has 1 saturated heterocycles. The average molecular weight is 638 g/mol. The standard InChI is InChI=1S/C38H44ClN5O2/c1-26-5-11-31(12-6-26)28(3)41-24-34-14-16-37(46-34)32-13-15-36(39)35(22-32)38(45)42-33(21-29-7-9-30(23-40)10-8-29)17-18-44-20-19-43(4)25-27(44)2/h5-16,22,27-28,33,41H,17-21,24-25H2,1-4H3,(H,42,45)/t27-,28+,33-/m0/s1. The Balaban J connectivity index is 1.26. The Morgan fingerprint density at radius 1 is 1.07 bits per heavy atom. The second-order valence-electron chi connectivity index (χ2n) is 12.6. The molecule has 3 aromatic carbocycles. The van der Waals surface area contributed by atoms with Crippen molar-refractivity contribution in [1.29, 1.82) is 5.26 Å². The maximum Gasteiger partial charge on any atom is 0.253 e. The van der Waals surface area contributed by atoms with E-state index in [1.54, 1.807) is 6.07 Å². The van der Waals surface area contributed by atoms with E-state index in [0.717, 1.165) is 49.5 Å². The van der Waals surface area contributed by atoms with Gasteiger partial charge in [0.2, 0.25) is 0 Å².